The molecule has 6 atom stereocenters. The third-order valence-electron chi connectivity index (χ3n) is 5.60. The zero-order chi connectivity index (χ0) is 10.4. The molecular formula is C14H24S. The van der Waals surface area contributed by atoms with Crippen LogP contribution in [0.2, 0.25) is 0 Å². The Morgan fingerprint density at radius 2 is 1.47 bits per heavy atom. The van der Waals surface area contributed by atoms with Gasteiger partial charge in [0, 0.05) is 5.25 Å². The van der Waals surface area contributed by atoms with E-state index < -0.39 is 0 Å². The molecular weight excluding hydrogens is 200 g/mol. The second-order valence-electron chi connectivity index (χ2n) is 6.25. The van der Waals surface area contributed by atoms with E-state index in [-0.39, 0.29) is 0 Å². The van der Waals surface area contributed by atoms with Gasteiger partial charge in [0.25, 0.3) is 0 Å². The summed E-state index contributed by atoms with van der Waals surface area (Å²) in [6.07, 6.45) is 10.5. The first-order valence-electron chi connectivity index (χ1n) is 6.97. The maximum Gasteiger partial charge on any atom is 0.00762 e. The van der Waals surface area contributed by atoms with Gasteiger partial charge in [-0.25, -0.2) is 0 Å². The van der Waals surface area contributed by atoms with Gasteiger partial charge in [0.2, 0.25) is 0 Å². The van der Waals surface area contributed by atoms with Crippen LogP contribution in [0.25, 0.3) is 0 Å². The lowest BCUT2D eigenvalue weighted by atomic mass is 9.49. The van der Waals surface area contributed by atoms with Crippen LogP contribution in [0.4, 0.5) is 0 Å². The van der Waals surface area contributed by atoms with E-state index in [1.807, 2.05) is 0 Å². The Hall–Kier alpha value is 0.350. The topological polar surface area (TPSA) is 0 Å². The van der Waals surface area contributed by atoms with Crippen molar-refractivity contribution in [2.45, 2.75) is 57.1 Å². The summed E-state index contributed by atoms with van der Waals surface area (Å²) in [6.45, 7) is 2.41. The van der Waals surface area contributed by atoms with Crippen LogP contribution in [0.15, 0.2) is 0 Å². The second kappa shape index (κ2) is 3.98. The van der Waals surface area contributed by atoms with Crippen LogP contribution in [-0.2, 0) is 0 Å². The summed E-state index contributed by atoms with van der Waals surface area (Å²) in [5.41, 5.74) is 0. The SMILES string of the molecule is CC1CCC2[C@H](C1S)[C@H]1CCCCC[C@@H]21. The van der Waals surface area contributed by atoms with E-state index in [0.29, 0.717) is 0 Å². The quantitative estimate of drug-likeness (QED) is 0.587. The van der Waals surface area contributed by atoms with Gasteiger partial charge in [0.15, 0.2) is 0 Å². The lowest BCUT2D eigenvalue weighted by Gasteiger charge is -2.58. The van der Waals surface area contributed by atoms with Gasteiger partial charge >= 0.3 is 0 Å². The fourth-order valence-corrected chi connectivity index (χ4v) is 5.34. The second-order valence-corrected chi connectivity index (χ2v) is 6.85. The summed E-state index contributed by atoms with van der Waals surface area (Å²) < 4.78 is 0. The van der Waals surface area contributed by atoms with Crippen molar-refractivity contribution in [3.8, 4) is 0 Å². The predicted molar refractivity (Wildman–Crippen MR) is 68.2 cm³/mol. The zero-order valence-corrected chi connectivity index (χ0v) is 10.8. The molecule has 3 saturated carbocycles. The molecule has 3 unspecified atom stereocenters. The maximum absolute atomic E-state index is 4.91. The molecule has 3 rings (SSSR count). The van der Waals surface area contributed by atoms with Gasteiger partial charge in [0.05, 0.1) is 0 Å². The highest BCUT2D eigenvalue weighted by Crippen LogP contribution is 2.60. The Morgan fingerprint density at radius 3 is 2.27 bits per heavy atom. The third kappa shape index (κ3) is 1.57. The van der Waals surface area contributed by atoms with Gasteiger partial charge in [0.1, 0.15) is 0 Å². The van der Waals surface area contributed by atoms with E-state index in [9.17, 15) is 0 Å². The molecule has 0 aromatic rings. The highest BCUT2D eigenvalue weighted by atomic mass is 32.1. The molecule has 0 heterocycles. The van der Waals surface area contributed by atoms with Crippen molar-refractivity contribution >= 4 is 12.6 Å². The van der Waals surface area contributed by atoms with Gasteiger partial charge < -0.3 is 0 Å². The van der Waals surface area contributed by atoms with Crippen LogP contribution in [0.3, 0.4) is 0 Å². The highest BCUT2D eigenvalue weighted by Gasteiger charge is 2.54. The summed E-state index contributed by atoms with van der Waals surface area (Å²) >= 11 is 4.91. The molecule has 3 aliphatic rings. The average molecular weight is 224 g/mol. The van der Waals surface area contributed by atoms with E-state index in [4.69, 9.17) is 12.6 Å². The van der Waals surface area contributed by atoms with Crippen LogP contribution >= 0.6 is 12.6 Å². The molecule has 86 valence electrons. The fraction of sp³-hybridized carbons (Fsp3) is 1.00. The van der Waals surface area contributed by atoms with E-state index in [1.54, 1.807) is 6.42 Å². The smallest absolute Gasteiger partial charge is 0.00762 e. The van der Waals surface area contributed by atoms with E-state index in [0.717, 1.165) is 34.8 Å². The van der Waals surface area contributed by atoms with Gasteiger partial charge in [-0.05, 0) is 55.3 Å². The lowest BCUT2D eigenvalue weighted by molar-refractivity contribution is -0.0642. The maximum atomic E-state index is 4.91. The minimum Gasteiger partial charge on any atom is -0.175 e. The van der Waals surface area contributed by atoms with Crippen LogP contribution in [0, 0.1) is 29.6 Å². The van der Waals surface area contributed by atoms with Crippen molar-refractivity contribution in [1.82, 2.24) is 0 Å². The minimum atomic E-state index is 0.725. The first-order valence-corrected chi connectivity index (χ1v) is 7.48. The molecule has 0 N–H and O–H groups in total. The monoisotopic (exact) mass is 224 g/mol. The Morgan fingerprint density at radius 1 is 0.800 bits per heavy atom. The molecule has 15 heavy (non-hydrogen) atoms. The molecule has 3 fully saturated rings. The summed E-state index contributed by atoms with van der Waals surface area (Å²) in [5.74, 6) is 5.13. The van der Waals surface area contributed by atoms with E-state index in [1.165, 1.54) is 38.5 Å². The zero-order valence-electron chi connectivity index (χ0n) is 9.86. The summed E-state index contributed by atoms with van der Waals surface area (Å²) in [6, 6.07) is 0. The summed E-state index contributed by atoms with van der Waals surface area (Å²) in [4.78, 5) is 0. The molecule has 0 aromatic heterocycles. The first kappa shape index (κ1) is 10.5. The number of hydrogen-bond acceptors (Lipinski definition) is 1. The number of hydrogen-bond donors (Lipinski definition) is 1. The minimum absolute atomic E-state index is 0.725. The summed E-state index contributed by atoms with van der Waals surface area (Å²) in [5, 5.41) is 0.725. The molecule has 0 aromatic carbocycles. The predicted octanol–water partition coefficient (Wildman–Crippen LogP) is 4.16. The number of fused-ring (bicyclic) bond motifs is 4. The number of rotatable bonds is 0. The van der Waals surface area contributed by atoms with Crippen molar-refractivity contribution in [3.05, 3.63) is 0 Å². The number of thiol groups is 1. The molecule has 3 aliphatic carbocycles. The summed E-state index contributed by atoms with van der Waals surface area (Å²) in [7, 11) is 0. The molecule has 1 heteroatoms. The average Bonchev–Trinajstić information content (AvgIpc) is 2.41. The van der Waals surface area contributed by atoms with Crippen molar-refractivity contribution in [2.75, 3.05) is 0 Å². The Balaban J connectivity index is 1.76. The molecule has 0 saturated heterocycles. The molecule has 0 aliphatic heterocycles. The van der Waals surface area contributed by atoms with Gasteiger partial charge in [-0.3, -0.25) is 0 Å². The first-order chi connectivity index (χ1) is 7.29. The van der Waals surface area contributed by atoms with Gasteiger partial charge in [-0.2, -0.15) is 12.6 Å². The van der Waals surface area contributed by atoms with Crippen LogP contribution < -0.4 is 0 Å². The van der Waals surface area contributed by atoms with Crippen molar-refractivity contribution in [2.24, 2.45) is 29.6 Å². The largest absolute Gasteiger partial charge is 0.175 e. The van der Waals surface area contributed by atoms with Crippen LogP contribution in [0.5, 0.6) is 0 Å². The van der Waals surface area contributed by atoms with E-state index >= 15 is 0 Å². The molecule has 0 amide bonds. The Bertz CT molecular complexity index is 237. The fourth-order valence-electron chi connectivity index (χ4n) is 4.75. The molecule has 0 bridgehead atoms. The normalized spacial score (nSPS) is 54.8. The van der Waals surface area contributed by atoms with Gasteiger partial charge in [-0.15, -0.1) is 0 Å². The highest BCUT2D eigenvalue weighted by molar-refractivity contribution is 7.81. The standard InChI is InChI=1S/C14H24S/c1-9-7-8-12-10-5-3-2-4-6-11(10)13(12)14(9)15/h9-15H,2-8H2,1H3/t9?,10-,11+,12?,13-,14?/m1/s1. The molecule has 0 radical (unpaired) electrons. The Labute approximate surface area is 99.6 Å². The van der Waals surface area contributed by atoms with Crippen molar-refractivity contribution < 1.29 is 0 Å². The lowest BCUT2D eigenvalue weighted by Crippen LogP contribution is -2.54. The molecule has 0 spiro atoms. The van der Waals surface area contributed by atoms with Crippen LogP contribution in [0.1, 0.15) is 51.9 Å². The van der Waals surface area contributed by atoms with Crippen molar-refractivity contribution in [1.29, 1.82) is 0 Å². The van der Waals surface area contributed by atoms with Crippen molar-refractivity contribution in [3.63, 3.8) is 0 Å². The Kier molecular flexibility index (Phi) is 2.79. The van der Waals surface area contributed by atoms with Gasteiger partial charge in [-0.1, -0.05) is 26.2 Å². The van der Waals surface area contributed by atoms with Crippen LogP contribution in [-0.4, -0.2) is 5.25 Å². The third-order valence-corrected chi connectivity index (χ3v) is 6.45. The molecule has 0 nitrogen and oxygen atoms in total. The van der Waals surface area contributed by atoms with E-state index in [2.05, 4.69) is 6.92 Å².